The van der Waals surface area contributed by atoms with Crippen LogP contribution in [0.5, 0.6) is 0 Å². The van der Waals surface area contributed by atoms with Gasteiger partial charge in [0.05, 0.1) is 12.5 Å². The van der Waals surface area contributed by atoms with Crippen LogP contribution in [0.3, 0.4) is 0 Å². The number of aromatic nitrogens is 1. The SMILES string of the molecule is CC(C)(C)OC(=O)NCCNC(=O)C[C@H](c1cccc2ccccc12)n1cccc1. The molecule has 0 aliphatic carbocycles. The zero-order valence-electron chi connectivity index (χ0n) is 17.7. The predicted molar refractivity (Wildman–Crippen MR) is 118 cm³/mol. The monoisotopic (exact) mass is 407 g/mol. The summed E-state index contributed by atoms with van der Waals surface area (Å²) in [6.07, 6.45) is 3.76. The maximum Gasteiger partial charge on any atom is 0.407 e. The first-order valence-corrected chi connectivity index (χ1v) is 10.2. The van der Waals surface area contributed by atoms with E-state index in [1.54, 1.807) is 0 Å². The zero-order valence-corrected chi connectivity index (χ0v) is 17.7. The standard InChI is InChI=1S/C24H29N3O3/c1-24(2,3)30-23(29)26-14-13-25-22(28)17-21(27-15-6-7-16-27)20-12-8-10-18-9-4-5-11-19(18)20/h4-12,15-16,21H,13-14,17H2,1-3H3,(H,25,28)(H,26,29)/t21-/m1/s1. The minimum atomic E-state index is -0.546. The normalized spacial score (nSPS) is 12.4. The average molecular weight is 408 g/mol. The van der Waals surface area contributed by atoms with Gasteiger partial charge in [-0.3, -0.25) is 4.79 Å². The summed E-state index contributed by atoms with van der Waals surface area (Å²) in [5.41, 5.74) is 0.557. The van der Waals surface area contributed by atoms with E-state index in [9.17, 15) is 9.59 Å². The number of nitrogens with one attached hydrogen (secondary N) is 2. The van der Waals surface area contributed by atoms with Crippen LogP contribution in [-0.4, -0.2) is 35.3 Å². The molecule has 0 saturated carbocycles. The third-order valence-corrected chi connectivity index (χ3v) is 4.66. The van der Waals surface area contributed by atoms with E-state index < -0.39 is 11.7 Å². The molecule has 0 fully saturated rings. The second-order valence-corrected chi connectivity index (χ2v) is 8.20. The molecule has 6 heteroatoms. The zero-order chi connectivity index (χ0) is 21.6. The minimum Gasteiger partial charge on any atom is -0.444 e. The lowest BCUT2D eigenvalue weighted by Gasteiger charge is -2.21. The number of nitrogens with zero attached hydrogens (tertiary/aromatic N) is 1. The van der Waals surface area contributed by atoms with Crippen molar-refractivity contribution in [3.05, 3.63) is 72.6 Å². The van der Waals surface area contributed by atoms with Crippen molar-refractivity contribution in [3.8, 4) is 0 Å². The molecule has 0 unspecified atom stereocenters. The Bertz CT molecular complexity index is 985. The summed E-state index contributed by atoms with van der Waals surface area (Å²) in [6.45, 7) is 6.07. The first-order valence-electron chi connectivity index (χ1n) is 10.2. The molecule has 1 aromatic heterocycles. The highest BCUT2D eigenvalue weighted by molar-refractivity contribution is 5.87. The smallest absolute Gasteiger partial charge is 0.407 e. The summed E-state index contributed by atoms with van der Waals surface area (Å²) >= 11 is 0. The molecular weight excluding hydrogens is 378 g/mol. The Labute approximate surface area is 177 Å². The lowest BCUT2D eigenvalue weighted by Crippen LogP contribution is -2.38. The van der Waals surface area contributed by atoms with Crippen LogP contribution in [0.1, 0.15) is 38.8 Å². The Morgan fingerprint density at radius 3 is 2.33 bits per heavy atom. The van der Waals surface area contributed by atoms with Crippen LogP contribution in [0.15, 0.2) is 67.0 Å². The molecule has 0 spiro atoms. The molecule has 2 N–H and O–H groups in total. The van der Waals surface area contributed by atoms with Crippen molar-refractivity contribution < 1.29 is 14.3 Å². The minimum absolute atomic E-state index is 0.0763. The van der Waals surface area contributed by atoms with E-state index in [0.717, 1.165) is 16.3 Å². The van der Waals surface area contributed by atoms with Crippen molar-refractivity contribution in [2.24, 2.45) is 0 Å². The van der Waals surface area contributed by atoms with Gasteiger partial charge < -0.3 is 19.9 Å². The maximum atomic E-state index is 12.7. The van der Waals surface area contributed by atoms with Crippen LogP contribution in [0, 0.1) is 0 Å². The maximum absolute atomic E-state index is 12.7. The van der Waals surface area contributed by atoms with Crippen LogP contribution in [0.25, 0.3) is 10.8 Å². The number of benzene rings is 2. The van der Waals surface area contributed by atoms with Crippen LogP contribution >= 0.6 is 0 Å². The summed E-state index contributed by atoms with van der Waals surface area (Å²) in [5, 5.41) is 7.82. The summed E-state index contributed by atoms with van der Waals surface area (Å²) in [7, 11) is 0. The molecule has 3 aromatic rings. The van der Waals surface area contributed by atoms with Crippen LogP contribution in [-0.2, 0) is 9.53 Å². The highest BCUT2D eigenvalue weighted by Crippen LogP contribution is 2.29. The highest BCUT2D eigenvalue weighted by atomic mass is 16.6. The lowest BCUT2D eigenvalue weighted by atomic mass is 9.96. The average Bonchev–Trinajstić information content (AvgIpc) is 3.22. The van der Waals surface area contributed by atoms with E-state index in [0.29, 0.717) is 19.5 Å². The van der Waals surface area contributed by atoms with Gasteiger partial charge in [0.15, 0.2) is 0 Å². The van der Waals surface area contributed by atoms with Crippen molar-refractivity contribution in [3.63, 3.8) is 0 Å². The Morgan fingerprint density at radius 1 is 0.933 bits per heavy atom. The van der Waals surface area contributed by atoms with E-state index in [4.69, 9.17) is 4.74 Å². The molecule has 158 valence electrons. The summed E-state index contributed by atoms with van der Waals surface area (Å²) in [5.74, 6) is -0.0763. The Morgan fingerprint density at radius 2 is 1.60 bits per heavy atom. The molecule has 1 heterocycles. The molecule has 0 radical (unpaired) electrons. The number of rotatable bonds is 7. The molecule has 30 heavy (non-hydrogen) atoms. The predicted octanol–water partition coefficient (Wildman–Crippen LogP) is 4.26. The summed E-state index contributed by atoms with van der Waals surface area (Å²) < 4.78 is 7.25. The second kappa shape index (κ2) is 9.48. The van der Waals surface area contributed by atoms with Crippen molar-refractivity contribution >= 4 is 22.8 Å². The van der Waals surface area contributed by atoms with Gasteiger partial charge in [0.1, 0.15) is 5.60 Å². The molecule has 0 aliphatic rings. The number of ether oxygens (including phenoxy) is 1. The number of hydrogen-bond donors (Lipinski definition) is 2. The quantitative estimate of drug-likeness (QED) is 0.575. The lowest BCUT2D eigenvalue weighted by molar-refractivity contribution is -0.121. The van der Waals surface area contributed by atoms with Crippen molar-refractivity contribution in [2.75, 3.05) is 13.1 Å². The van der Waals surface area contributed by atoms with Gasteiger partial charge in [-0.05, 0) is 49.2 Å². The van der Waals surface area contributed by atoms with Gasteiger partial charge in [0.25, 0.3) is 0 Å². The van der Waals surface area contributed by atoms with Crippen LogP contribution in [0.2, 0.25) is 0 Å². The van der Waals surface area contributed by atoms with Gasteiger partial charge in [-0.1, -0.05) is 42.5 Å². The highest BCUT2D eigenvalue weighted by Gasteiger charge is 2.20. The van der Waals surface area contributed by atoms with Gasteiger partial charge in [-0.25, -0.2) is 4.79 Å². The van der Waals surface area contributed by atoms with Gasteiger partial charge in [0.2, 0.25) is 5.91 Å². The van der Waals surface area contributed by atoms with Crippen molar-refractivity contribution in [2.45, 2.75) is 38.8 Å². The number of fused-ring (bicyclic) bond motifs is 1. The number of hydrogen-bond acceptors (Lipinski definition) is 3. The van der Waals surface area contributed by atoms with E-state index in [1.165, 1.54) is 0 Å². The fraction of sp³-hybridized carbons (Fsp3) is 0.333. The van der Waals surface area contributed by atoms with Crippen LogP contribution in [0.4, 0.5) is 4.79 Å². The molecule has 2 amide bonds. The third kappa shape index (κ3) is 5.86. The van der Waals surface area contributed by atoms with E-state index >= 15 is 0 Å². The third-order valence-electron chi connectivity index (χ3n) is 4.66. The van der Waals surface area contributed by atoms with E-state index in [1.807, 2.05) is 63.5 Å². The Balaban J connectivity index is 1.64. The molecule has 0 saturated heterocycles. The molecule has 1 atom stereocenters. The second-order valence-electron chi connectivity index (χ2n) is 8.20. The fourth-order valence-corrected chi connectivity index (χ4v) is 3.40. The number of amides is 2. The van der Waals surface area contributed by atoms with Gasteiger partial charge >= 0.3 is 6.09 Å². The molecule has 0 aliphatic heterocycles. The van der Waals surface area contributed by atoms with Gasteiger partial charge in [0, 0.05) is 25.5 Å². The summed E-state index contributed by atoms with van der Waals surface area (Å²) in [4.78, 5) is 24.4. The topological polar surface area (TPSA) is 72.4 Å². The summed E-state index contributed by atoms with van der Waals surface area (Å²) in [6, 6.07) is 18.2. The Hall–Kier alpha value is -3.28. The Kier molecular flexibility index (Phi) is 6.77. The van der Waals surface area contributed by atoms with Gasteiger partial charge in [-0.2, -0.15) is 0 Å². The van der Waals surface area contributed by atoms with E-state index in [2.05, 4.69) is 39.5 Å². The molecule has 0 bridgehead atoms. The fourth-order valence-electron chi connectivity index (χ4n) is 3.40. The largest absolute Gasteiger partial charge is 0.444 e. The first kappa shape index (κ1) is 21.4. The van der Waals surface area contributed by atoms with Crippen LogP contribution < -0.4 is 10.6 Å². The molecular formula is C24H29N3O3. The number of carbonyl (C=O) groups excluding carboxylic acids is 2. The van der Waals surface area contributed by atoms with Crippen molar-refractivity contribution in [1.82, 2.24) is 15.2 Å². The molecule has 3 rings (SSSR count). The number of carbonyl (C=O) groups is 2. The molecule has 6 nitrogen and oxygen atoms in total. The number of alkyl carbamates (subject to hydrolysis) is 1. The van der Waals surface area contributed by atoms with Gasteiger partial charge in [-0.15, -0.1) is 0 Å². The van der Waals surface area contributed by atoms with E-state index in [-0.39, 0.29) is 11.9 Å². The molecule has 2 aromatic carbocycles. The first-order chi connectivity index (χ1) is 14.3. The van der Waals surface area contributed by atoms with Crippen molar-refractivity contribution in [1.29, 1.82) is 0 Å².